The van der Waals surface area contributed by atoms with E-state index in [1.54, 1.807) is 30.5 Å². The van der Waals surface area contributed by atoms with Crippen molar-refractivity contribution < 1.29 is 9.59 Å². The SMILES string of the molecule is O=C1CN(c2cccc(Cl)c2)C(=O)CN1N=Cc1ccc[nH]1. The summed E-state index contributed by atoms with van der Waals surface area (Å²) in [5.74, 6) is -0.451. The van der Waals surface area contributed by atoms with Crippen molar-refractivity contribution in [2.45, 2.75) is 0 Å². The van der Waals surface area contributed by atoms with E-state index in [4.69, 9.17) is 11.6 Å². The summed E-state index contributed by atoms with van der Waals surface area (Å²) in [7, 11) is 0. The number of piperazine rings is 1. The Morgan fingerprint density at radius 1 is 1.14 bits per heavy atom. The summed E-state index contributed by atoms with van der Waals surface area (Å²) in [5.41, 5.74) is 1.37. The van der Waals surface area contributed by atoms with E-state index in [0.29, 0.717) is 10.7 Å². The van der Waals surface area contributed by atoms with Gasteiger partial charge in [0, 0.05) is 16.9 Å². The number of carbonyl (C=O) groups excluding carboxylic acids is 2. The van der Waals surface area contributed by atoms with Crippen LogP contribution in [-0.2, 0) is 9.59 Å². The van der Waals surface area contributed by atoms with Crippen molar-refractivity contribution in [3.8, 4) is 0 Å². The highest BCUT2D eigenvalue weighted by atomic mass is 35.5. The summed E-state index contributed by atoms with van der Waals surface area (Å²) < 4.78 is 0. The fourth-order valence-electron chi connectivity index (χ4n) is 2.15. The molecule has 112 valence electrons. The molecule has 0 radical (unpaired) electrons. The van der Waals surface area contributed by atoms with E-state index >= 15 is 0 Å². The second-order valence-electron chi connectivity index (χ2n) is 4.78. The van der Waals surface area contributed by atoms with Crippen LogP contribution in [0.4, 0.5) is 5.69 Å². The molecule has 0 atom stereocenters. The third kappa shape index (κ3) is 3.01. The number of nitrogens with zero attached hydrogens (tertiary/aromatic N) is 3. The van der Waals surface area contributed by atoms with Gasteiger partial charge in [-0.2, -0.15) is 5.10 Å². The quantitative estimate of drug-likeness (QED) is 0.878. The van der Waals surface area contributed by atoms with Crippen molar-refractivity contribution in [3.05, 3.63) is 53.3 Å². The van der Waals surface area contributed by atoms with Crippen LogP contribution in [0.5, 0.6) is 0 Å². The van der Waals surface area contributed by atoms with E-state index in [1.807, 2.05) is 12.1 Å². The molecule has 1 aliphatic heterocycles. The molecule has 7 heteroatoms. The van der Waals surface area contributed by atoms with Gasteiger partial charge in [0.05, 0.1) is 11.9 Å². The first kappa shape index (κ1) is 14.3. The van der Waals surface area contributed by atoms with Crippen LogP contribution in [-0.4, -0.2) is 41.1 Å². The lowest BCUT2D eigenvalue weighted by molar-refractivity contribution is -0.138. The number of aromatic amines is 1. The van der Waals surface area contributed by atoms with Crippen LogP contribution in [0.3, 0.4) is 0 Å². The molecule has 2 aromatic rings. The van der Waals surface area contributed by atoms with Gasteiger partial charge in [0.2, 0.25) is 5.91 Å². The van der Waals surface area contributed by atoms with Gasteiger partial charge in [0.1, 0.15) is 13.1 Å². The van der Waals surface area contributed by atoms with Gasteiger partial charge in [-0.05, 0) is 30.3 Å². The lowest BCUT2D eigenvalue weighted by Gasteiger charge is -2.31. The summed E-state index contributed by atoms with van der Waals surface area (Å²) in [4.78, 5) is 28.7. The molecular weight excluding hydrogens is 304 g/mol. The van der Waals surface area contributed by atoms with Gasteiger partial charge in [-0.3, -0.25) is 9.59 Å². The molecule has 1 aliphatic rings. The average molecular weight is 317 g/mol. The molecule has 0 spiro atoms. The standard InChI is InChI=1S/C15H13ClN4O2/c16-11-3-1-5-13(7-11)19-9-15(22)20(10-14(19)21)18-8-12-4-2-6-17-12/h1-8,17H,9-10H2. The van der Waals surface area contributed by atoms with Crippen LogP contribution >= 0.6 is 11.6 Å². The maximum absolute atomic E-state index is 12.2. The number of anilines is 1. The lowest BCUT2D eigenvalue weighted by Crippen LogP contribution is -2.52. The number of hydrazone groups is 1. The molecule has 2 heterocycles. The minimum atomic E-state index is -0.248. The zero-order chi connectivity index (χ0) is 15.5. The van der Waals surface area contributed by atoms with Crippen LogP contribution in [0.2, 0.25) is 5.02 Å². The Morgan fingerprint density at radius 2 is 2.00 bits per heavy atom. The summed E-state index contributed by atoms with van der Waals surface area (Å²) in [5, 5.41) is 5.75. The van der Waals surface area contributed by atoms with Gasteiger partial charge >= 0.3 is 0 Å². The van der Waals surface area contributed by atoms with Gasteiger partial charge in [-0.25, -0.2) is 5.01 Å². The first-order valence-corrected chi connectivity index (χ1v) is 7.05. The number of hydrogen-bond donors (Lipinski definition) is 1. The maximum Gasteiger partial charge on any atom is 0.263 e. The molecular formula is C15H13ClN4O2. The minimum Gasteiger partial charge on any atom is -0.360 e. The maximum atomic E-state index is 12.2. The molecule has 0 unspecified atom stereocenters. The number of amides is 2. The van der Waals surface area contributed by atoms with E-state index in [1.165, 1.54) is 16.1 Å². The Morgan fingerprint density at radius 3 is 2.73 bits per heavy atom. The van der Waals surface area contributed by atoms with Crippen molar-refractivity contribution in [1.82, 2.24) is 9.99 Å². The lowest BCUT2D eigenvalue weighted by atomic mass is 10.2. The molecule has 1 N–H and O–H groups in total. The van der Waals surface area contributed by atoms with Crippen molar-refractivity contribution in [3.63, 3.8) is 0 Å². The summed E-state index contributed by atoms with van der Waals surface area (Å²) >= 11 is 5.92. The Labute approximate surface area is 132 Å². The van der Waals surface area contributed by atoms with Gasteiger partial charge in [0.15, 0.2) is 0 Å². The molecule has 0 saturated carbocycles. The van der Waals surface area contributed by atoms with E-state index in [9.17, 15) is 9.59 Å². The Kier molecular flexibility index (Phi) is 3.93. The minimum absolute atomic E-state index is 0.0543. The number of halogens is 1. The van der Waals surface area contributed by atoms with Crippen LogP contribution in [0, 0.1) is 0 Å². The largest absolute Gasteiger partial charge is 0.360 e. The van der Waals surface area contributed by atoms with Crippen LogP contribution in [0.15, 0.2) is 47.7 Å². The summed E-state index contributed by atoms with van der Waals surface area (Å²) in [6.45, 7) is -0.149. The first-order chi connectivity index (χ1) is 10.6. The average Bonchev–Trinajstić information content (AvgIpc) is 3.01. The molecule has 0 aliphatic carbocycles. The fourth-order valence-corrected chi connectivity index (χ4v) is 2.33. The second kappa shape index (κ2) is 6.03. The van der Waals surface area contributed by atoms with E-state index < -0.39 is 0 Å². The van der Waals surface area contributed by atoms with Crippen molar-refractivity contribution >= 4 is 35.3 Å². The number of rotatable bonds is 3. The Balaban J connectivity index is 1.74. The topological polar surface area (TPSA) is 68.8 Å². The Bertz CT molecular complexity index is 727. The van der Waals surface area contributed by atoms with Crippen LogP contribution in [0.1, 0.15) is 5.69 Å². The number of benzene rings is 1. The predicted molar refractivity (Wildman–Crippen MR) is 83.9 cm³/mol. The van der Waals surface area contributed by atoms with Crippen LogP contribution < -0.4 is 4.90 Å². The van der Waals surface area contributed by atoms with Crippen molar-refractivity contribution in [1.29, 1.82) is 0 Å². The molecule has 22 heavy (non-hydrogen) atoms. The number of carbonyl (C=O) groups is 2. The van der Waals surface area contributed by atoms with Gasteiger partial charge in [0.25, 0.3) is 5.91 Å². The number of aromatic nitrogens is 1. The molecule has 0 bridgehead atoms. The van der Waals surface area contributed by atoms with Gasteiger partial charge < -0.3 is 9.88 Å². The molecule has 1 fully saturated rings. The molecule has 2 amide bonds. The number of hydrogen-bond acceptors (Lipinski definition) is 3. The van der Waals surface area contributed by atoms with Crippen molar-refractivity contribution in [2.75, 3.05) is 18.0 Å². The van der Waals surface area contributed by atoms with E-state index in [2.05, 4.69) is 10.1 Å². The molecule has 1 saturated heterocycles. The molecule has 6 nitrogen and oxygen atoms in total. The highest BCUT2D eigenvalue weighted by Gasteiger charge is 2.30. The van der Waals surface area contributed by atoms with Crippen LogP contribution in [0.25, 0.3) is 0 Å². The smallest absolute Gasteiger partial charge is 0.263 e. The molecule has 1 aromatic carbocycles. The zero-order valence-electron chi connectivity index (χ0n) is 11.6. The third-order valence-electron chi connectivity index (χ3n) is 3.25. The summed E-state index contributed by atoms with van der Waals surface area (Å²) in [6.07, 6.45) is 3.27. The van der Waals surface area contributed by atoms with Gasteiger partial charge in [-0.15, -0.1) is 0 Å². The molecule has 3 rings (SSSR count). The fraction of sp³-hybridized carbons (Fsp3) is 0.133. The Hall–Kier alpha value is -2.60. The predicted octanol–water partition coefficient (Wildman–Crippen LogP) is 1.88. The summed E-state index contributed by atoms with van der Waals surface area (Å²) in [6, 6.07) is 10.5. The zero-order valence-corrected chi connectivity index (χ0v) is 12.3. The highest BCUT2D eigenvalue weighted by Crippen LogP contribution is 2.21. The van der Waals surface area contributed by atoms with Crippen molar-refractivity contribution in [2.24, 2.45) is 5.10 Å². The normalized spacial score (nSPS) is 15.9. The monoisotopic (exact) mass is 316 g/mol. The second-order valence-corrected chi connectivity index (χ2v) is 5.22. The number of H-pyrrole nitrogens is 1. The molecule has 1 aromatic heterocycles. The highest BCUT2D eigenvalue weighted by molar-refractivity contribution is 6.31. The first-order valence-electron chi connectivity index (χ1n) is 6.67. The third-order valence-corrected chi connectivity index (χ3v) is 3.48. The van der Waals surface area contributed by atoms with E-state index in [0.717, 1.165) is 5.69 Å². The van der Waals surface area contributed by atoms with E-state index in [-0.39, 0.29) is 24.9 Å². The van der Waals surface area contributed by atoms with Gasteiger partial charge in [-0.1, -0.05) is 17.7 Å². The number of nitrogens with one attached hydrogen (secondary N) is 1.